The van der Waals surface area contributed by atoms with Crippen LogP contribution in [0.25, 0.3) is 0 Å². The smallest absolute Gasteiger partial charge is 0.229 e. The number of rotatable bonds is 2. The van der Waals surface area contributed by atoms with Gasteiger partial charge in [0, 0.05) is 18.5 Å². The number of hydrogen-bond acceptors (Lipinski definition) is 1. The standard InChI is InChI=1S/C16H23NO/c1-15(2)10-11-17(14(18)16(15,3)4)12-13-8-6-5-7-9-13/h5-9H,10-12H2,1-4H3. The van der Waals surface area contributed by atoms with Crippen molar-refractivity contribution >= 4 is 5.91 Å². The molecule has 0 aromatic heterocycles. The average Bonchev–Trinajstić information content (AvgIpc) is 2.33. The number of benzene rings is 1. The van der Waals surface area contributed by atoms with E-state index in [0.29, 0.717) is 0 Å². The van der Waals surface area contributed by atoms with E-state index >= 15 is 0 Å². The monoisotopic (exact) mass is 245 g/mol. The first-order valence-corrected chi connectivity index (χ1v) is 6.68. The highest BCUT2D eigenvalue weighted by molar-refractivity contribution is 5.83. The van der Waals surface area contributed by atoms with E-state index in [9.17, 15) is 4.79 Å². The molecule has 1 aliphatic rings. The van der Waals surface area contributed by atoms with Crippen molar-refractivity contribution in [2.45, 2.75) is 40.7 Å². The fourth-order valence-corrected chi connectivity index (χ4v) is 2.47. The Kier molecular flexibility index (Phi) is 3.22. The highest BCUT2D eigenvalue weighted by Crippen LogP contribution is 2.46. The van der Waals surface area contributed by atoms with Crippen LogP contribution in [-0.4, -0.2) is 17.4 Å². The minimum absolute atomic E-state index is 0.0806. The van der Waals surface area contributed by atoms with Crippen molar-refractivity contribution in [3.63, 3.8) is 0 Å². The molecular formula is C16H23NO. The van der Waals surface area contributed by atoms with Crippen molar-refractivity contribution in [2.24, 2.45) is 10.8 Å². The number of nitrogens with zero attached hydrogens (tertiary/aromatic N) is 1. The molecule has 1 amide bonds. The van der Waals surface area contributed by atoms with E-state index in [0.717, 1.165) is 19.5 Å². The zero-order chi connectivity index (χ0) is 13.4. The van der Waals surface area contributed by atoms with Crippen LogP contribution in [0.3, 0.4) is 0 Å². The molecule has 0 atom stereocenters. The van der Waals surface area contributed by atoms with Gasteiger partial charge in [-0.15, -0.1) is 0 Å². The van der Waals surface area contributed by atoms with Gasteiger partial charge in [-0.25, -0.2) is 0 Å². The highest BCUT2D eigenvalue weighted by atomic mass is 16.2. The van der Waals surface area contributed by atoms with Gasteiger partial charge in [-0.05, 0) is 17.4 Å². The predicted octanol–water partition coefficient (Wildman–Crippen LogP) is 3.47. The Hall–Kier alpha value is -1.31. The molecule has 1 aliphatic heterocycles. The van der Waals surface area contributed by atoms with Crippen molar-refractivity contribution in [2.75, 3.05) is 6.54 Å². The van der Waals surface area contributed by atoms with E-state index in [4.69, 9.17) is 0 Å². The van der Waals surface area contributed by atoms with Gasteiger partial charge < -0.3 is 4.90 Å². The summed E-state index contributed by atoms with van der Waals surface area (Å²) >= 11 is 0. The molecule has 0 spiro atoms. The minimum atomic E-state index is -0.278. The summed E-state index contributed by atoms with van der Waals surface area (Å²) < 4.78 is 0. The Morgan fingerprint density at radius 3 is 2.33 bits per heavy atom. The lowest BCUT2D eigenvalue weighted by molar-refractivity contribution is -0.155. The van der Waals surface area contributed by atoms with Crippen LogP contribution in [0.5, 0.6) is 0 Å². The molecule has 1 fully saturated rings. The lowest BCUT2D eigenvalue weighted by Gasteiger charge is -2.48. The number of carbonyl (C=O) groups excluding carboxylic acids is 1. The van der Waals surface area contributed by atoms with Gasteiger partial charge in [0.1, 0.15) is 0 Å². The first-order chi connectivity index (χ1) is 8.34. The summed E-state index contributed by atoms with van der Waals surface area (Å²) in [5.74, 6) is 0.280. The summed E-state index contributed by atoms with van der Waals surface area (Å²) in [5.41, 5.74) is 1.01. The molecule has 0 radical (unpaired) electrons. The molecule has 2 rings (SSSR count). The van der Waals surface area contributed by atoms with Crippen LogP contribution in [-0.2, 0) is 11.3 Å². The molecule has 1 saturated heterocycles. The second-order valence-electron chi connectivity index (χ2n) is 6.47. The van der Waals surface area contributed by atoms with Gasteiger partial charge in [0.25, 0.3) is 0 Å². The van der Waals surface area contributed by atoms with E-state index in [2.05, 4.69) is 39.8 Å². The zero-order valence-corrected chi connectivity index (χ0v) is 11.9. The van der Waals surface area contributed by atoms with Gasteiger partial charge in [0.15, 0.2) is 0 Å². The molecule has 0 N–H and O–H groups in total. The summed E-state index contributed by atoms with van der Waals surface area (Å²) in [4.78, 5) is 14.6. The van der Waals surface area contributed by atoms with E-state index in [1.165, 1.54) is 5.56 Å². The third-order valence-corrected chi connectivity index (χ3v) is 4.74. The lowest BCUT2D eigenvalue weighted by Crippen LogP contribution is -2.54. The number of likely N-dealkylation sites (tertiary alicyclic amines) is 1. The predicted molar refractivity (Wildman–Crippen MR) is 74.0 cm³/mol. The molecule has 0 saturated carbocycles. The largest absolute Gasteiger partial charge is 0.338 e. The van der Waals surface area contributed by atoms with Crippen molar-refractivity contribution < 1.29 is 4.79 Å². The van der Waals surface area contributed by atoms with Gasteiger partial charge >= 0.3 is 0 Å². The fourth-order valence-electron chi connectivity index (χ4n) is 2.47. The van der Waals surface area contributed by atoms with Crippen LogP contribution < -0.4 is 0 Å². The molecule has 1 aromatic rings. The highest BCUT2D eigenvalue weighted by Gasteiger charge is 2.48. The summed E-state index contributed by atoms with van der Waals surface area (Å²) in [7, 11) is 0. The Labute approximate surface area is 110 Å². The van der Waals surface area contributed by atoms with E-state index in [1.807, 2.05) is 23.1 Å². The SMILES string of the molecule is CC1(C)CCN(Cc2ccccc2)C(=O)C1(C)C. The second kappa shape index (κ2) is 4.42. The minimum Gasteiger partial charge on any atom is -0.338 e. The first-order valence-electron chi connectivity index (χ1n) is 6.68. The topological polar surface area (TPSA) is 20.3 Å². The lowest BCUT2D eigenvalue weighted by atomic mass is 9.63. The Morgan fingerprint density at radius 2 is 1.72 bits per heavy atom. The summed E-state index contributed by atoms with van der Waals surface area (Å²) in [6, 6.07) is 10.2. The van der Waals surface area contributed by atoms with Crippen LogP contribution in [0.4, 0.5) is 0 Å². The van der Waals surface area contributed by atoms with Crippen LogP contribution in [0.2, 0.25) is 0 Å². The number of piperidine rings is 1. The Balaban J connectivity index is 2.16. The maximum absolute atomic E-state index is 12.6. The van der Waals surface area contributed by atoms with Gasteiger partial charge in [0.2, 0.25) is 5.91 Å². The molecule has 0 unspecified atom stereocenters. The third-order valence-electron chi connectivity index (χ3n) is 4.74. The van der Waals surface area contributed by atoms with Crippen molar-refractivity contribution in [1.29, 1.82) is 0 Å². The van der Waals surface area contributed by atoms with Crippen LogP contribution in [0, 0.1) is 10.8 Å². The molecular weight excluding hydrogens is 222 g/mol. The molecule has 1 aromatic carbocycles. The van der Waals surface area contributed by atoms with E-state index < -0.39 is 0 Å². The van der Waals surface area contributed by atoms with Gasteiger partial charge in [-0.2, -0.15) is 0 Å². The number of carbonyl (C=O) groups is 1. The summed E-state index contributed by atoms with van der Waals surface area (Å²) in [6.07, 6.45) is 1.07. The normalized spacial score (nSPS) is 22.0. The van der Waals surface area contributed by atoms with E-state index in [-0.39, 0.29) is 16.7 Å². The maximum Gasteiger partial charge on any atom is 0.229 e. The second-order valence-corrected chi connectivity index (χ2v) is 6.47. The Bertz CT molecular complexity index is 434. The molecule has 0 aliphatic carbocycles. The van der Waals surface area contributed by atoms with Gasteiger partial charge in [-0.1, -0.05) is 58.0 Å². The summed E-state index contributed by atoms with van der Waals surface area (Å²) in [5, 5.41) is 0. The third kappa shape index (κ3) is 2.16. The maximum atomic E-state index is 12.6. The van der Waals surface area contributed by atoms with Crippen LogP contribution >= 0.6 is 0 Å². The molecule has 98 valence electrons. The molecule has 0 bridgehead atoms. The van der Waals surface area contributed by atoms with Crippen molar-refractivity contribution in [1.82, 2.24) is 4.90 Å². The summed E-state index contributed by atoms with van der Waals surface area (Å²) in [6.45, 7) is 10.2. The van der Waals surface area contributed by atoms with Crippen LogP contribution in [0.1, 0.15) is 39.7 Å². The molecule has 18 heavy (non-hydrogen) atoms. The first kappa shape index (κ1) is 13.1. The number of hydrogen-bond donors (Lipinski definition) is 0. The van der Waals surface area contributed by atoms with E-state index in [1.54, 1.807) is 0 Å². The van der Waals surface area contributed by atoms with Crippen molar-refractivity contribution in [3.05, 3.63) is 35.9 Å². The molecule has 2 heteroatoms. The Morgan fingerprint density at radius 1 is 1.11 bits per heavy atom. The quantitative estimate of drug-likeness (QED) is 0.781. The number of amides is 1. The fraction of sp³-hybridized carbons (Fsp3) is 0.562. The average molecular weight is 245 g/mol. The zero-order valence-electron chi connectivity index (χ0n) is 11.9. The van der Waals surface area contributed by atoms with Crippen molar-refractivity contribution in [3.8, 4) is 0 Å². The van der Waals surface area contributed by atoms with Gasteiger partial charge in [-0.3, -0.25) is 4.79 Å². The van der Waals surface area contributed by atoms with Crippen LogP contribution in [0.15, 0.2) is 30.3 Å². The van der Waals surface area contributed by atoms with Gasteiger partial charge in [0.05, 0.1) is 0 Å². The molecule has 1 heterocycles. The molecule has 2 nitrogen and oxygen atoms in total.